The van der Waals surface area contributed by atoms with Crippen LogP contribution in [0, 0.1) is 11.3 Å². The van der Waals surface area contributed by atoms with E-state index < -0.39 is 17.7 Å². The predicted octanol–water partition coefficient (Wildman–Crippen LogP) is 6.47. The van der Waals surface area contributed by atoms with Crippen LogP contribution in [0.4, 0.5) is 24.5 Å². The molecule has 0 spiro atoms. The van der Waals surface area contributed by atoms with Crippen LogP contribution in [0.5, 0.6) is 0 Å². The lowest BCUT2D eigenvalue weighted by atomic mass is 9.69. The lowest BCUT2D eigenvalue weighted by Crippen LogP contribution is -2.44. The van der Waals surface area contributed by atoms with Crippen molar-refractivity contribution in [3.63, 3.8) is 0 Å². The van der Waals surface area contributed by atoms with Crippen molar-refractivity contribution in [2.75, 3.05) is 50.2 Å². The number of hydrogen-bond donors (Lipinski definition) is 2. The highest BCUT2D eigenvalue weighted by molar-refractivity contribution is 5.91. The van der Waals surface area contributed by atoms with Crippen molar-refractivity contribution in [3.05, 3.63) is 60.2 Å². The number of fused-ring (bicyclic) bond motifs is 1. The number of rotatable bonds is 9. The smallest absolute Gasteiger partial charge is 0.416 e. The molecule has 2 fully saturated rings. The van der Waals surface area contributed by atoms with Crippen LogP contribution in [0.25, 0.3) is 33.8 Å². The van der Waals surface area contributed by atoms with E-state index in [0.29, 0.717) is 54.4 Å². The summed E-state index contributed by atoms with van der Waals surface area (Å²) in [6.45, 7) is 2.51. The van der Waals surface area contributed by atoms with E-state index in [1.54, 1.807) is 13.2 Å². The van der Waals surface area contributed by atoms with Crippen molar-refractivity contribution in [1.82, 2.24) is 15.0 Å². The number of aromatic amines is 1. The van der Waals surface area contributed by atoms with Crippen molar-refractivity contribution in [2.24, 2.45) is 11.3 Å². The zero-order valence-electron chi connectivity index (χ0n) is 24.1. The van der Waals surface area contributed by atoms with Gasteiger partial charge in [0.05, 0.1) is 29.5 Å². The Balaban J connectivity index is 1.37. The first-order chi connectivity index (χ1) is 20.5. The maximum atomic E-state index is 13.5. The predicted molar refractivity (Wildman–Crippen MR) is 159 cm³/mol. The number of halogens is 3. The number of ether oxygens (including phenoxy) is 1. The second-order valence-electron chi connectivity index (χ2n) is 11.8. The van der Waals surface area contributed by atoms with E-state index in [4.69, 9.17) is 14.7 Å². The molecule has 0 bridgehead atoms. The van der Waals surface area contributed by atoms with Crippen molar-refractivity contribution < 1.29 is 27.8 Å². The monoisotopic (exact) mass is 593 g/mol. The minimum absolute atomic E-state index is 0.0172. The summed E-state index contributed by atoms with van der Waals surface area (Å²) in [6, 6.07) is 14.8. The number of aromatic nitrogens is 3. The Bertz CT molecular complexity index is 1630. The molecule has 3 heterocycles. The van der Waals surface area contributed by atoms with E-state index >= 15 is 0 Å². The molecule has 2 aromatic heterocycles. The fraction of sp³-hybridized carbons (Fsp3) is 0.406. The van der Waals surface area contributed by atoms with Crippen molar-refractivity contribution >= 4 is 28.5 Å². The Morgan fingerprint density at radius 2 is 1.91 bits per heavy atom. The third kappa shape index (κ3) is 5.78. The molecule has 2 aliphatic rings. The molecule has 1 saturated heterocycles. The molecule has 1 atom stereocenters. The summed E-state index contributed by atoms with van der Waals surface area (Å²) in [7, 11) is 3.69. The second kappa shape index (κ2) is 11.2. The van der Waals surface area contributed by atoms with Gasteiger partial charge in [0, 0.05) is 56.0 Å². The first-order valence-corrected chi connectivity index (χ1v) is 14.4. The number of alkyl halides is 3. The van der Waals surface area contributed by atoms with Gasteiger partial charge in [0.15, 0.2) is 5.65 Å². The number of anilines is 2. The highest BCUT2D eigenvalue weighted by Crippen LogP contribution is 2.43. The van der Waals surface area contributed by atoms with E-state index in [1.165, 1.54) is 6.07 Å². The highest BCUT2D eigenvalue weighted by atomic mass is 19.4. The molecular formula is C32H34F3N5O3. The Kier molecular flexibility index (Phi) is 7.53. The van der Waals surface area contributed by atoms with Crippen LogP contribution in [0.1, 0.15) is 31.2 Å². The first-order valence-electron chi connectivity index (χ1n) is 14.4. The van der Waals surface area contributed by atoms with E-state index in [1.807, 2.05) is 37.4 Å². The molecule has 11 heteroatoms. The number of nitrogens with zero attached hydrogens (tertiary/aromatic N) is 4. The third-order valence-corrected chi connectivity index (χ3v) is 8.82. The van der Waals surface area contributed by atoms with E-state index in [2.05, 4.69) is 14.8 Å². The van der Waals surface area contributed by atoms with Gasteiger partial charge in [0.1, 0.15) is 11.3 Å². The van der Waals surface area contributed by atoms with Crippen molar-refractivity contribution in [1.29, 1.82) is 0 Å². The van der Waals surface area contributed by atoms with Gasteiger partial charge in [-0.1, -0.05) is 18.6 Å². The number of pyridine rings is 1. The SMILES string of the molecule is COCC1(CN(C)c2cc(-c3cccc(C(F)(F)F)c3)nc3nc(-c4ccc(N5CCC(C(=O)O)C5)cc4)[nH]c23)CCC1. The standard InChI is InChI=1S/C32H34F3N5O3/c1-39(18-31(19-43-2)12-4-13-31)26-16-25(21-5-3-6-23(15-21)32(33,34)35)36-29-27(26)37-28(38-29)20-7-9-24(10-8-20)40-14-11-22(17-40)30(41)42/h3,5-10,15-16,22H,4,11-14,17-19H2,1-2H3,(H,41,42)(H,36,37,38). The van der Waals surface area contributed by atoms with E-state index in [9.17, 15) is 23.1 Å². The number of hydrogen-bond acceptors (Lipinski definition) is 6. The number of H-pyrrole nitrogens is 1. The summed E-state index contributed by atoms with van der Waals surface area (Å²) in [5.74, 6) is -0.555. The number of carbonyl (C=O) groups is 1. The van der Waals surface area contributed by atoms with Gasteiger partial charge in [-0.15, -0.1) is 0 Å². The van der Waals surface area contributed by atoms with Crippen LogP contribution in [-0.2, 0) is 15.7 Å². The molecule has 226 valence electrons. The normalized spacial score (nSPS) is 18.2. The molecule has 1 aliphatic carbocycles. The Morgan fingerprint density at radius 3 is 2.53 bits per heavy atom. The zero-order chi connectivity index (χ0) is 30.4. The van der Waals surface area contributed by atoms with Crippen LogP contribution in [0.15, 0.2) is 54.6 Å². The van der Waals surface area contributed by atoms with Crippen LogP contribution in [-0.4, -0.2) is 66.4 Å². The summed E-state index contributed by atoms with van der Waals surface area (Å²) < 4.78 is 46.1. The van der Waals surface area contributed by atoms with E-state index in [0.717, 1.165) is 54.9 Å². The molecule has 8 nitrogen and oxygen atoms in total. The van der Waals surface area contributed by atoms with E-state index in [-0.39, 0.29) is 11.3 Å². The molecular weight excluding hydrogens is 559 g/mol. The number of methoxy groups -OCH3 is 1. The molecule has 1 saturated carbocycles. The summed E-state index contributed by atoms with van der Waals surface area (Å²) in [5, 5.41) is 9.34. The van der Waals surface area contributed by atoms with Crippen LogP contribution >= 0.6 is 0 Å². The molecule has 0 amide bonds. The number of carboxylic acid groups (broad SMARTS) is 1. The van der Waals surface area contributed by atoms with Gasteiger partial charge in [0.25, 0.3) is 0 Å². The molecule has 0 radical (unpaired) electrons. The molecule has 2 aromatic carbocycles. The fourth-order valence-electron chi connectivity index (χ4n) is 6.36. The lowest BCUT2D eigenvalue weighted by Gasteiger charge is -2.44. The topological polar surface area (TPSA) is 94.6 Å². The second-order valence-corrected chi connectivity index (χ2v) is 11.8. The average molecular weight is 594 g/mol. The maximum absolute atomic E-state index is 13.5. The quantitative estimate of drug-likeness (QED) is 0.230. The van der Waals surface area contributed by atoms with Crippen LogP contribution in [0.2, 0.25) is 0 Å². The first kappa shape index (κ1) is 29.0. The average Bonchev–Trinajstić information content (AvgIpc) is 3.63. The van der Waals surface area contributed by atoms with Crippen molar-refractivity contribution in [2.45, 2.75) is 31.9 Å². The summed E-state index contributed by atoms with van der Waals surface area (Å²) >= 11 is 0. The summed E-state index contributed by atoms with van der Waals surface area (Å²) in [5.41, 5.74) is 3.73. The lowest BCUT2D eigenvalue weighted by molar-refractivity contribution is -0.141. The molecule has 1 unspecified atom stereocenters. The van der Waals surface area contributed by atoms with Gasteiger partial charge >= 0.3 is 12.1 Å². The Hall–Kier alpha value is -4.12. The Morgan fingerprint density at radius 1 is 1.14 bits per heavy atom. The number of nitrogens with one attached hydrogen (secondary N) is 1. The number of carboxylic acids is 1. The van der Waals surface area contributed by atoms with Crippen molar-refractivity contribution in [3.8, 4) is 22.6 Å². The van der Waals surface area contributed by atoms with Gasteiger partial charge < -0.3 is 24.6 Å². The third-order valence-electron chi connectivity index (χ3n) is 8.82. The number of benzene rings is 2. The largest absolute Gasteiger partial charge is 0.481 e. The highest BCUT2D eigenvalue weighted by Gasteiger charge is 2.38. The molecule has 2 N–H and O–H groups in total. The summed E-state index contributed by atoms with van der Waals surface area (Å²) in [4.78, 5) is 28.5. The molecule has 4 aromatic rings. The number of aliphatic carboxylic acids is 1. The zero-order valence-corrected chi connectivity index (χ0v) is 24.1. The minimum atomic E-state index is -4.47. The van der Waals surface area contributed by atoms with Gasteiger partial charge in [0.2, 0.25) is 0 Å². The molecule has 1 aliphatic heterocycles. The van der Waals surface area contributed by atoms with Gasteiger partial charge in [-0.3, -0.25) is 4.79 Å². The van der Waals surface area contributed by atoms with Crippen LogP contribution < -0.4 is 9.80 Å². The fourth-order valence-corrected chi connectivity index (χ4v) is 6.36. The van der Waals surface area contributed by atoms with Gasteiger partial charge in [-0.05, 0) is 61.7 Å². The molecule has 43 heavy (non-hydrogen) atoms. The maximum Gasteiger partial charge on any atom is 0.416 e. The Labute approximate surface area is 247 Å². The molecule has 6 rings (SSSR count). The van der Waals surface area contributed by atoms with Crippen LogP contribution in [0.3, 0.4) is 0 Å². The summed E-state index contributed by atoms with van der Waals surface area (Å²) in [6.07, 6.45) is -0.624. The number of imidazole rings is 1. The van der Waals surface area contributed by atoms with Gasteiger partial charge in [-0.2, -0.15) is 13.2 Å². The van der Waals surface area contributed by atoms with Gasteiger partial charge in [-0.25, -0.2) is 9.97 Å². The minimum Gasteiger partial charge on any atom is -0.481 e.